The molecule has 1 aliphatic rings. The molecule has 1 aliphatic heterocycles. The van der Waals surface area contributed by atoms with Gasteiger partial charge in [-0.1, -0.05) is 17.7 Å². The number of hydrogen-bond donors (Lipinski definition) is 0. The van der Waals surface area contributed by atoms with Crippen molar-refractivity contribution in [2.45, 2.75) is 6.42 Å². The molecule has 0 N–H and O–H groups in total. The molecule has 1 amide bonds. The summed E-state index contributed by atoms with van der Waals surface area (Å²) in [5, 5.41) is 0.0346. The van der Waals surface area contributed by atoms with Gasteiger partial charge < -0.3 is 4.90 Å². The summed E-state index contributed by atoms with van der Waals surface area (Å²) < 4.78 is 13.0. The predicted octanol–water partition coefficient (Wildman–Crippen LogP) is 3.02. The average molecular weight is 240 g/mol. The van der Waals surface area contributed by atoms with E-state index in [0.717, 1.165) is 0 Å². The van der Waals surface area contributed by atoms with E-state index in [0.29, 0.717) is 18.7 Å². The summed E-state index contributed by atoms with van der Waals surface area (Å²) in [6.45, 7) is 4.26. The maximum atomic E-state index is 13.0. The highest BCUT2D eigenvalue weighted by Crippen LogP contribution is 2.28. The number of carbonyl (C=O) groups is 1. The lowest BCUT2D eigenvalue weighted by atomic mass is 10.1. The van der Waals surface area contributed by atoms with Crippen molar-refractivity contribution >= 4 is 23.2 Å². The Morgan fingerprint density at radius 1 is 1.56 bits per heavy atom. The van der Waals surface area contributed by atoms with Crippen LogP contribution >= 0.6 is 11.6 Å². The van der Waals surface area contributed by atoms with Gasteiger partial charge in [-0.2, -0.15) is 0 Å². The molecule has 0 bridgehead atoms. The molecule has 0 aliphatic carbocycles. The summed E-state index contributed by atoms with van der Waals surface area (Å²) >= 11 is 5.68. The van der Waals surface area contributed by atoms with Gasteiger partial charge in [-0.25, -0.2) is 4.39 Å². The second kappa shape index (κ2) is 4.26. The van der Waals surface area contributed by atoms with Crippen LogP contribution in [0.15, 0.2) is 30.9 Å². The Labute approximate surface area is 98.3 Å². The van der Waals surface area contributed by atoms with E-state index < -0.39 is 5.82 Å². The molecule has 1 aromatic carbocycles. The summed E-state index contributed by atoms with van der Waals surface area (Å²) in [7, 11) is 0. The number of benzene rings is 1. The Kier molecular flexibility index (Phi) is 2.97. The lowest BCUT2D eigenvalue weighted by molar-refractivity contribution is -0.117. The maximum Gasteiger partial charge on any atom is 0.227 e. The predicted molar refractivity (Wildman–Crippen MR) is 62.1 cm³/mol. The fourth-order valence-corrected chi connectivity index (χ4v) is 1.97. The molecule has 1 fully saturated rings. The lowest BCUT2D eigenvalue weighted by Crippen LogP contribution is -2.24. The van der Waals surface area contributed by atoms with Crippen LogP contribution in [0.3, 0.4) is 0 Å². The molecule has 4 heteroatoms. The average Bonchev–Trinajstić information content (AvgIpc) is 2.64. The van der Waals surface area contributed by atoms with Crippen molar-refractivity contribution in [2.75, 3.05) is 11.4 Å². The SMILES string of the molecule is C=CC1CC(=O)N(c2ccc(F)c(Cl)c2)C1. The zero-order valence-corrected chi connectivity index (χ0v) is 9.38. The number of halogens is 2. The van der Waals surface area contributed by atoms with E-state index in [1.165, 1.54) is 12.1 Å². The molecular weight excluding hydrogens is 229 g/mol. The Hall–Kier alpha value is -1.35. The van der Waals surface area contributed by atoms with Crippen LogP contribution in [0.25, 0.3) is 0 Å². The summed E-state index contributed by atoms with van der Waals surface area (Å²) in [6, 6.07) is 4.30. The molecule has 1 atom stereocenters. The molecule has 1 heterocycles. The molecule has 0 saturated carbocycles. The molecule has 0 radical (unpaired) electrons. The van der Waals surface area contributed by atoms with Crippen LogP contribution in [0.5, 0.6) is 0 Å². The zero-order chi connectivity index (χ0) is 11.7. The Balaban J connectivity index is 2.27. The summed E-state index contributed by atoms with van der Waals surface area (Å²) in [5.41, 5.74) is 0.640. The summed E-state index contributed by atoms with van der Waals surface area (Å²) in [4.78, 5) is 13.3. The zero-order valence-electron chi connectivity index (χ0n) is 8.62. The third-order valence-electron chi connectivity index (χ3n) is 2.70. The van der Waals surface area contributed by atoms with Crippen LogP contribution in [-0.4, -0.2) is 12.5 Å². The minimum absolute atomic E-state index is 0.0209. The lowest BCUT2D eigenvalue weighted by Gasteiger charge is -2.16. The van der Waals surface area contributed by atoms with Gasteiger partial charge in [0, 0.05) is 24.6 Å². The molecule has 2 rings (SSSR count). The van der Waals surface area contributed by atoms with Gasteiger partial charge in [0.1, 0.15) is 5.82 Å². The van der Waals surface area contributed by atoms with E-state index in [4.69, 9.17) is 11.6 Å². The van der Waals surface area contributed by atoms with Crippen LogP contribution in [0.4, 0.5) is 10.1 Å². The first-order chi connectivity index (χ1) is 7.61. The van der Waals surface area contributed by atoms with Crippen molar-refractivity contribution in [2.24, 2.45) is 5.92 Å². The van der Waals surface area contributed by atoms with E-state index >= 15 is 0 Å². The van der Waals surface area contributed by atoms with Gasteiger partial charge in [-0.05, 0) is 18.2 Å². The van der Waals surface area contributed by atoms with Crippen LogP contribution < -0.4 is 4.90 Å². The van der Waals surface area contributed by atoms with Crippen molar-refractivity contribution in [1.82, 2.24) is 0 Å². The van der Waals surface area contributed by atoms with E-state index in [9.17, 15) is 9.18 Å². The third kappa shape index (κ3) is 1.95. The molecule has 0 aromatic heterocycles. The fourth-order valence-electron chi connectivity index (χ4n) is 1.80. The van der Waals surface area contributed by atoms with Gasteiger partial charge in [0.05, 0.1) is 5.02 Å². The number of hydrogen-bond acceptors (Lipinski definition) is 1. The number of amides is 1. The molecule has 1 saturated heterocycles. The van der Waals surface area contributed by atoms with Crippen LogP contribution in [0.2, 0.25) is 5.02 Å². The van der Waals surface area contributed by atoms with Crippen molar-refractivity contribution in [3.63, 3.8) is 0 Å². The highest BCUT2D eigenvalue weighted by Gasteiger charge is 2.28. The van der Waals surface area contributed by atoms with Crippen LogP contribution in [0.1, 0.15) is 6.42 Å². The molecule has 16 heavy (non-hydrogen) atoms. The van der Waals surface area contributed by atoms with Gasteiger partial charge in [-0.15, -0.1) is 6.58 Å². The standard InChI is InChI=1S/C12H11ClFNO/c1-2-8-5-12(16)15(7-8)9-3-4-11(14)10(13)6-9/h2-4,6,8H,1,5,7H2. The van der Waals surface area contributed by atoms with Gasteiger partial charge in [-0.3, -0.25) is 4.79 Å². The minimum Gasteiger partial charge on any atom is -0.312 e. The molecule has 0 spiro atoms. The second-order valence-corrected chi connectivity index (χ2v) is 4.21. The molecule has 1 aromatic rings. The largest absolute Gasteiger partial charge is 0.312 e. The number of anilines is 1. The highest BCUT2D eigenvalue weighted by molar-refractivity contribution is 6.31. The van der Waals surface area contributed by atoms with Gasteiger partial charge in [0.15, 0.2) is 0 Å². The van der Waals surface area contributed by atoms with Crippen molar-refractivity contribution in [3.05, 3.63) is 41.7 Å². The first-order valence-corrected chi connectivity index (χ1v) is 5.37. The first-order valence-electron chi connectivity index (χ1n) is 5.00. The third-order valence-corrected chi connectivity index (χ3v) is 2.99. The van der Waals surface area contributed by atoms with E-state index in [1.54, 1.807) is 17.0 Å². The summed E-state index contributed by atoms with van der Waals surface area (Å²) in [6.07, 6.45) is 2.22. The number of carbonyl (C=O) groups excluding carboxylic acids is 1. The maximum absolute atomic E-state index is 13.0. The van der Waals surface area contributed by atoms with Crippen molar-refractivity contribution in [3.8, 4) is 0 Å². The molecule has 84 valence electrons. The van der Waals surface area contributed by atoms with E-state index in [2.05, 4.69) is 6.58 Å². The van der Waals surface area contributed by atoms with Gasteiger partial charge in [0.2, 0.25) is 5.91 Å². The van der Waals surface area contributed by atoms with Crippen molar-refractivity contribution < 1.29 is 9.18 Å². The van der Waals surface area contributed by atoms with Gasteiger partial charge >= 0.3 is 0 Å². The normalized spacial score (nSPS) is 20.2. The van der Waals surface area contributed by atoms with Crippen LogP contribution in [0, 0.1) is 11.7 Å². The Morgan fingerprint density at radius 3 is 2.88 bits per heavy atom. The first kappa shape index (κ1) is 11.1. The Morgan fingerprint density at radius 2 is 2.31 bits per heavy atom. The molecular formula is C12H11ClFNO. The number of rotatable bonds is 2. The number of nitrogens with zero attached hydrogens (tertiary/aromatic N) is 1. The Bertz CT molecular complexity index is 447. The van der Waals surface area contributed by atoms with Gasteiger partial charge in [0.25, 0.3) is 0 Å². The monoisotopic (exact) mass is 239 g/mol. The topological polar surface area (TPSA) is 20.3 Å². The second-order valence-electron chi connectivity index (χ2n) is 3.80. The summed E-state index contributed by atoms with van der Waals surface area (Å²) in [5.74, 6) is -0.291. The smallest absolute Gasteiger partial charge is 0.227 e. The fraction of sp³-hybridized carbons (Fsp3) is 0.250. The van der Waals surface area contributed by atoms with Crippen molar-refractivity contribution in [1.29, 1.82) is 0 Å². The van der Waals surface area contributed by atoms with E-state index in [1.807, 2.05) is 0 Å². The quantitative estimate of drug-likeness (QED) is 0.727. The highest BCUT2D eigenvalue weighted by atomic mass is 35.5. The van der Waals surface area contributed by atoms with E-state index in [-0.39, 0.29) is 16.8 Å². The molecule has 2 nitrogen and oxygen atoms in total. The van der Waals surface area contributed by atoms with Crippen LogP contribution in [-0.2, 0) is 4.79 Å². The molecule has 1 unspecified atom stereocenters. The minimum atomic E-state index is -0.475.